The van der Waals surface area contributed by atoms with E-state index < -0.39 is 0 Å². The number of fused-ring (bicyclic) bond motifs is 1. The van der Waals surface area contributed by atoms with Crippen molar-refractivity contribution in [2.24, 2.45) is 5.10 Å². The number of hydrogen-bond acceptors (Lipinski definition) is 3. The highest BCUT2D eigenvalue weighted by Crippen LogP contribution is 2.19. The fourth-order valence-electron chi connectivity index (χ4n) is 2.52. The molecule has 0 aliphatic carbocycles. The third kappa shape index (κ3) is 3.63. The lowest BCUT2D eigenvalue weighted by molar-refractivity contribution is -0.123. The number of aromatic nitrogens is 1. The molecule has 1 aromatic heterocycles. The Bertz CT molecular complexity index is 897. The van der Waals surface area contributed by atoms with Crippen LogP contribution in [0.3, 0.4) is 0 Å². The van der Waals surface area contributed by atoms with Crippen LogP contribution in [0, 0.1) is 13.8 Å². The quantitative estimate of drug-likeness (QED) is 0.559. The van der Waals surface area contributed by atoms with Crippen LogP contribution in [0.2, 0.25) is 0 Å². The first-order valence-electron chi connectivity index (χ1n) is 7.72. The minimum atomic E-state index is -0.301. The molecule has 0 fully saturated rings. The molecule has 1 heterocycles. The Morgan fingerprint density at radius 3 is 2.88 bits per heavy atom. The molecule has 2 aromatic carbocycles. The lowest BCUT2D eigenvalue weighted by Crippen LogP contribution is -2.24. The Morgan fingerprint density at radius 1 is 1.21 bits per heavy atom. The number of hydrazone groups is 1. The summed E-state index contributed by atoms with van der Waals surface area (Å²) in [5, 5.41) is 5.10. The summed E-state index contributed by atoms with van der Waals surface area (Å²) in [6, 6.07) is 15.5. The van der Waals surface area contributed by atoms with Crippen LogP contribution < -0.4 is 10.2 Å². The number of carbonyl (C=O) groups is 1. The topological polar surface area (TPSA) is 66.5 Å². The monoisotopic (exact) mass is 321 g/mol. The van der Waals surface area contributed by atoms with Crippen LogP contribution in [-0.4, -0.2) is 23.7 Å². The molecule has 0 aliphatic heterocycles. The van der Waals surface area contributed by atoms with Crippen LogP contribution in [0.5, 0.6) is 5.75 Å². The van der Waals surface area contributed by atoms with E-state index in [1.807, 2.05) is 62.4 Å². The summed E-state index contributed by atoms with van der Waals surface area (Å²) in [4.78, 5) is 15.1. The molecule has 0 aliphatic rings. The van der Waals surface area contributed by atoms with E-state index >= 15 is 0 Å². The van der Waals surface area contributed by atoms with E-state index in [0.29, 0.717) is 5.75 Å². The van der Waals surface area contributed by atoms with Crippen LogP contribution >= 0.6 is 0 Å². The molecule has 0 atom stereocenters. The first-order valence-corrected chi connectivity index (χ1v) is 7.72. The van der Waals surface area contributed by atoms with Gasteiger partial charge in [0.15, 0.2) is 6.61 Å². The lowest BCUT2D eigenvalue weighted by atomic mass is 10.1. The fraction of sp³-hybridized carbons (Fsp3) is 0.158. The van der Waals surface area contributed by atoms with Gasteiger partial charge < -0.3 is 9.72 Å². The first kappa shape index (κ1) is 15.8. The maximum Gasteiger partial charge on any atom is 0.277 e. The molecule has 0 unspecified atom stereocenters. The zero-order chi connectivity index (χ0) is 16.9. The van der Waals surface area contributed by atoms with E-state index in [1.54, 1.807) is 6.21 Å². The summed E-state index contributed by atoms with van der Waals surface area (Å²) < 4.78 is 5.44. The highest BCUT2D eigenvalue weighted by molar-refractivity contribution is 6.00. The third-order valence-corrected chi connectivity index (χ3v) is 3.69. The van der Waals surface area contributed by atoms with Gasteiger partial charge in [0, 0.05) is 22.2 Å². The zero-order valence-corrected chi connectivity index (χ0v) is 13.7. The van der Waals surface area contributed by atoms with Crippen LogP contribution in [-0.2, 0) is 4.79 Å². The number of ether oxygens (including phenoxy) is 1. The molecular formula is C19H19N3O2. The maximum absolute atomic E-state index is 11.8. The number of rotatable bonds is 5. The molecule has 24 heavy (non-hydrogen) atoms. The van der Waals surface area contributed by atoms with E-state index in [9.17, 15) is 4.79 Å². The van der Waals surface area contributed by atoms with Crippen molar-refractivity contribution in [1.29, 1.82) is 0 Å². The molecule has 122 valence electrons. The van der Waals surface area contributed by atoms with Gasteiger partial charge in [-0.3, -0.25) is 4.79 Å². The molecule has 2 N–H and O–H groups in total. The molecule has 3 aromatic rings. The summed E-state index contributed by atoms with van der Waals surface area (Å²) in [6.07, 6.45) is 1.65. The second-order valence-corrected chi connectivity index (χ2v) is 5.61. The Morgan fingerprint density at radius 2 is 2.04 bits per heavy atom. The van der Waals surface area contributed by atoms with Crippen molar-refractivity contribution < 1.29 is 9.53 Å². The molecule has 5 heteroatoms. The average molecular weight is 321 g/mol. The molecular weight excluding hydrogens is 302 g/mol. The number of nitrogens with zero attached hydrogens (tertiary/aromatic N) is 1. The molecule has 3 rings (SSSR count). The van der Waals surface area contributed by atoms with Crippen LogP contribution in [0.15, 0.2) is 53.6 Å². The summed E-state index contributed by atoms with van der Waals surface area (Å²) in [7, 11) is 0. The van der Waals surface area contributed by atoms with Crippen LogP contribution in [0.4, 0.5) is 0 Å². The number of carbonyl (C=O) groups excluding carboxylic acids is 1. The van der Waals surface area contributed by atoms with Gasteiger partial charge in [-0.15, -0.1) is 0 Å². The predicted molar refractivity (Wildman–Crippen MR) is 95.4 cm³/mol. The number of benzene rings is 2. The average Bonchev–Trinajstić information content (AvgIpc) is 2.89. The first-order chi connectivity index (χ1) is 11.6. The van der Waals surface area contributed by atoms with Crippen molar-refractivity contribution in [3.8, 4) is 5.75 Å². The summed E-state index contributed by atoms with van der Waals surface area (Å²) in [5.41, 5.74) is 6.59. The van der Waals surface area contributed by atoms with Crippen molar-refractivity contribution in [3.63, 3.8) is 0 Å². The summed E-state index contributed by atoms with van der Waals surface area (Å²) in [6.45, 7) is 3.87. The molecule has 5 nitrogen and oxygen atoms in total. The number of aromatic amines is 1. The number of para-hydroxylation sites is 1. The van der Waals surface area contributed by atoms with E-state index in [1.165, 1.54) is 0 Å². The van der Waals surface area contributed by atoms with Crippen molar-refractivity contribution in [1.82, 2.24) is 10.4 Å². The van der Waals surface area contributed by atoms with Gasteiger partial charge in [-0.25, -0.2) is 5.43 Å². The van der Waals surface area contributed by atoms with E-state index in [-0.39, 0.29) is 12.5 Å². The molecule has 0 spiro atoms. The van der Waals surface area contributed by atoms with Gasteiger partial charge in [-0.1, -0.05) is 30.3 Å². The van der Waals surface area contributed by atoms with Gasteiger partial charge in [-0.05, 0) is 37.6 Å². The smallest absolute Gasteiger partial charge is 0.277 e. The second-order valence-electron chi connectivity index (χ2n) is 5.61. The maximum atomic E-state index is 11.8. The van der Waals surface area contributed by atoms with Crippen LogP contribution in [0.25, 0.3) is 10.9 Å². The lowest BCUT2D eigenvalue weighted by Gasteiger charge is -2.05. The van der Waals surface area contributed by atoms with E-state index in [0.717, 1.165) is 27.7 Å². The Kier molecular flexibility index (Phi) is 4.61. The molecule has 0 saturated carbocycles. The molecule has 0 bridgehead atoms. The third-order valence-electron chi connectivity index (χ3n) is 3.69. The number of hydrogen-bond donors (Lipinski definition) is 2. The number of nitrogens with one attached hydrogen (secondary N) is 2. The SMILES string of the molecule is Cc1cccc(OCC(=O)NN=Cc2c(C)[nH]c3ccccc23)c1. The van der Waals surface area contributed by atoms with Crippen LogP contribution in [0.1, 0.15) is 16.8 Å². The highest BCUT2D eigenvalue weighted by Gasteiger charge is 2.06. The Labute approximate surface area is 140 Å². The van der Waals surface area contributed by atoms with E-state index in [4.69, 9.17) is 4.74 Å². The predicted octanol–water partition coefficient (Wildman–Crippen LogP) is 3.31. The fourth-order valence-corrected chi connectivity index (χ4v) is 2.52. The van der Waals surface area contributed by atoms with Crippen molar-refractivity contribution >= 4 is 23.0 Å². The second kappa shape index (κ2) is 7.00. The number of H-pyrrole nitrogens is 1. The number of aryl methyl sites for hydroxylation is 2. The molecule has 0 saturated heterocycles. The highest BCUT2D eigenvalue weighted by atomic mass is 16.5. The Hall–Kier alpha value is -3.08. The normalized spacial score (nSPS) is 11.1. The minimum Gasteiger partial charge on any atom is -0.484 e. The van der Waals surface area contributed by atoms with Gasteiger partial charge in [-0.2, -0.15) is 5.10 Å². The van der Waals surface area contributed by atoms with Crippen molar-refractivity contribution in [3.05, 3.63) is 65.4 Å². The van der Waals surface area contributed by atoms with Crippen molar-refractivity contribution in [2.45, 2.75) is 13.8 Å². The standard InChI is InChI=1S/C19H19N3O2/c1-13-6-5-7-15(10-13)24-12-19(23)22-20-11-17-14(2)21-18-9-4-3-8-16(17)18/h3-11,21H,12H2,1-2H3,(H,22,23). The zero-order valence-electron chi connectivity index (χ0n) is 13.7. The van der Waals surface area contributed by atoms with Gasteiger partial charge in [0.1, 0.15) is 5.75 Å². The van der Waals surface area contributed by atoms with E-state index in [2.05, 4.69) is 15.5 Å². The van der Waals surface area contributed by atoms with Gasteiger partial charge >= 0.3 is 0 Å². The summed E-state index contributed by atoms with van der Waals surface area (Å²) >= 11 is 0. The number of amides is 1. The van der Waals surface area contributed by atoms with Gasteiger partial charge in [0.2, 0.25) is 0 Å². The Balaban J connectivity index is 1.59. The van der Waals surface area contributed by atoms with Gasteiger partial charge in [0.05, 0.1) is 6.21 Å². The van der Waals surface area contributed by atoms with Crippen molar-refractivity contribution in [2.75, 3.05) is 6.61 Å². The molecule has 0 radical (unpaired) electrons. The minimum absolute atomic E-state index is 0.0757. The largest absolute Gasteiger partial charge is 0.484 e. The summed E-state index contributed by atoms with van der Waals surface area (Å²) in [5.74, 6) is 0.367. The molecule has 1 amide bonds. The van der Waals surface area contributed by atoms with Gasteiger partial charge in [0.25, 0.3) is 5.91 Å².